The number of ketones is 1. The van der Waals surface area contributed by atoms with Crippen LogP contribution in [0.4, 0.5) is 10.2 Å². The Morgan fingerprint density at radius 2 is 1.77 bits per heavy atom. The summed E-state index contributed by atoms with van der Waals surface area (Å²) in [6, 6.07) is 6.40. The zero-order valence-corrected chi connectivity index (χ0v) is 16.9. The number of aromatic nitrogens is 2. The first-order chi connectivity index (χ1) is 14.4. The van der Waals surface area contributed by atoms with E-state index in [4.69, 9.17) is 5.73 Å². The van der Waals surface area contributed by atoms with E-state index in [2.05, 4.69) is 9.88 Å². The normalized spacial score (nSPS) is 17.4. The maximum atomic E-state index is 13.3. The van der Waals surface area contributed by atoms with E-state index in [0.29, 0.717) is 6.54 Å². The molecule has 2 fully saturated rings. The summed E-state index contributed by atoms with van der Waals surface area (Å²) in [4.78, 5) is 42.0. The highest BCUT2D eigenvalue weighted by Crippen LogP contribution is 2.35. The third-order valence-corrected chi connectivity index (χ3v) is 6.11. The second-order valence-corrected chi connectivity index (χ2v) is 8.37. The van der Waals surface area contributed by atoms with E-state index in [1.165, 1.54) is 23.1 Å². The highest BCUT2D eigenvalue weighted by Gasteiger charge is 2.31. The lowest BCUT2D eigenvalue weighted by Crippen LogP contribution is -2.42. The fraction of sp³-hybridized carbons (Fsp3) is 0.500. The first-order valence-corrected chi connectivity index (χ1v) is 10.6. The van der Waals surface area contributed by atoms with Crippen molar-refractivity contribution in [2.24, 2.45) is 0 Å². The second-order valence-electron chi connectivity index (χ2n) is 8.37. The van der Waals surface area contributed by atoms with Gasteiger partial charge in [0.25, 0.3) is 5.56 Å². The lowest BCUT2D eigenvalue weighted by atomic mass is 9.93. The fourth-order valence-electron chi connectivity index (χ4n) is 4.38. The van der Waals surface area contributed by atoms with Crippen molar-refractivity contribution in [3.05, 3.63) is 62.0 Å². The van der Waals surface area contributed by atoms with Crippen LogP contribution in [-0.4, -0.2) is 32.8 Å². The highest BCUT2D eigenvalue weighted by atomic mass is 19.1. The average molecular weight is 414 g/mol. The molecule has 3 N–H and O–H groups in total. The number of nitrogen functional groups attached to an aromatic ring is 1. The number of Topliss-reactive ketones (excluding diaryl/α,β-unsaturated/α-hetero) is 1. The fourth-order valence-corrected chi connectivity index (χ4v) is 4.38. The van der Waals surface area contributed by atoms with Gasteiger partial charge >= 0.3 is 5.69 Å². The van der Waals surface area contributed by atoms with Gasteiger partial charge in [-0.25, -0.2) is 9.18 Å². The lowest BCUT2D eigenvalue weighted by molar-refractivity contribution is 0.0843. The topological polar surface area (TPSA) is 101 Å². The number of aromatic amines is 1. The van der Waals surface area contributed by atoms with Gasteiger partial charge in [0.05, 0.1) is 6.54 Å². The molecule has 0 saturated heterocycles. The Hall–Kier alpha value is -2.74. The van der Waals surface area contributed by atoms with Gasteiger partial charge in [-0.2, -0.15) is 0 Å². The summed E-state index contributed by atoms with van der Waals surface area (Å²) in [5.74, 6) is -0.738. The van der Waals surface area contributed by atoms with Crippen LogP contribution in [0, 0.1) is 5.82 Å². The van der Waals surface area contributed by atoms with E-state index in [9.17, 15) is 18.8 Å². The minimum Gasteiger partial charge on any atom is -0.384 e. The Morgan fingerprint density at radius 1 is 1.10 bits per heavy atom. The third-order valence-electron chi connectivity index (χ3n) is 6.11. The van der Waals surface area contributed by atoms with Crippen LogP contribution in [-0.2, 0) is 6.54 Å². The van der Waals surface area contributed by atoms with Crippen LogP contribution < -0.4 is 17.0 Å². The molecular formula is C22H27FN4O3. The van der Waals surface area contributed by atoms with E-state index < -0.39 is 17.0 Å². The predicted octanol–water partition coefficient (Wildman–Crippen LogP) is 2.61. The molecule has 0 radical (unpaired) electrons. The van der Waals surface area contributed by atoms with Crippen molar-refractivity contribution in [3.8, 4) is 0 Å². The third kappa shape index (κ3) is 4.38. The number of anilines is 1. The number of nitrogens with zero attached hydrogens (tertiary/aromatic N) is 2. The van der Waals surface area contributed by atoms with Crippen molar-refractivity contribution in [1.82, 2.24) is 14.5 Å². The first-order valence-electron chi connectivity index (χ1n) is 10.6. The van der Waals surface area contributed by atoms with E-state index >= 15 is 0 Å². The number of hydrogen-bond acceptors (Lipinski definition) is 5. The Labute approximate surface area is 173 Å². The molecule has 1 heterocycles. The second kappa shape index (κ2) is 8.55. The molecule has 1 aromatic carbocycles. The van der Waals surface area contributed by atoms with Gasteiger partial charge in [0.2, 0.25) is 0 Å². The van der Waals surface area contributed by atoms with Crippen LogP contribution in [0.3, 0.4) is 0 Å². The molecule has 0 unspecified atom stereocenters. The molecule has 7 nitrogen and oxygen atoms in total. The van der Waals surface area contributed by atoms with Crippen molar-refractivity contribution >= 4 is 11.6 Å². The molecule has 2 aliphatic carbocycles. The number of halogens is 1. The molecule has 30 heavy (non-hydrogen) atoms. The van der Waals surface area contributed by atoms with Crippen LogP contribution in [0.25, 0.3) is 0 Å². The van der Waals surface area contributed by atoms with Gasteiger partial charge < -0.3 is 5.73 Å². The molecule has 2 aliphatic rings. The molecule has 1 aromatic heterocycles. The maximum Gasteiger partial charge on any atom is 0.330 e. The summed E-state index contributed by atoms with van der Waals surface area (Å²) in [6.45, 7) is 0.509. The minimum absolute atomic E-state index is 0.0260. The van der Waals surface area contributed by atoms with E-state index in [1.54, 1.807) is 12.1 Å². The molecule has 2 aromatic rings. The summed E-state index contributed by atoms with van der Waals surface area (Å²) >= 11 is 0. The predicted molar refractivity (Wildman–Crippen MR) is 112 cm³/mol. The molecule has 0 spiro atoms. The van der Waals surface area contributed by atoms with Crippen molar-refractivity contribution < 1.29 is 9.18 Å². The largest absolute Gasteiger partial charge is 0.384 e. The average Bonchev–Trinajstić information content (AvgIpc) is 3.54. The Bertz CT molecular complexity index is 1030. The van der Waals surface area contributed by atoms with Gasteiger partial charge in [-0.05, 0) is 43.4 Å². The molecule has 4 rings (SSSR count). The van der Waals surface area contributed by atoms with Gasteiger partial charge in [-0.15, -0.1) is 0 Å². The van der Waals surface area contributed by atoms with Crippen molar-refractivity contribution in [1.29, 1.82) is 0 Å². The summed E-state index contributed by atoms with van der Waals surface area (Å²) in [5, 5.41) is 0. The van der Waals surface area contributed by atoms with Crippen LogP contribution in [0.15, 0.2) is 33.9 Å². The number of carbonyl (C=O) groups is 1. The zero-order valence-electron chi connectivity index (χ0n) is 16.9. The molecule has 160 valence electrons. The standard InChI is InChI=1S/C22H27FN4O3/c23-15-8-6-14(7-9-15)12-26(16-4-2-1-3-5-16)13-18(28)19-20(24)27(17-10-11-17)22(30)25-21(19)29/h6-9,16-17H,1-5,10-13,24H2,(H,25,29,30). The molecule has 0 amide bonds. The molecule has 0 aliphatic heterocycles. The quantitative estimate of drug-likeness (QED) is 0.678. The van der Waals surface area contributed by atoms with Gasteiger partial charge in [-0.3, -0.25) is 24.0 Å². The molecular weight excluding hydrogens is 387 g/mol. The summed E-state index contributed by atoms with van der Waals surface area (Å²) in [5.41, 5.74) is 5.58. The van der Waals surface area contributed by atoms with E-state index in [-0.39, 0.29) is 35.8 Å². The van der Waals surface area contributed by atoms with Gasteiger partial charge in [0.1, 0.15) is 17.2 Å². The molecule has 2 saturated carbocycles. The van der Waals surface area contributed by atoms with Crippen molar-refractivity contribution in [2.45, 2.75) is 63.6 Å². The Kier molecular flexibility index (Phi) is 5.85. The number of rotatable bonds is 7. The number of hydrogen-bond donors (Lipinski definition) is 2. The first kappa shape index (κ1) is 20.5. The summed E-state index contributed by atoms with van der Waals surface area (Å²) in [7, 11) is 0. The van der Waals surface area contributed by atoms with Crippen LogP contribution in [0.1, 0.15) is 66.9 Å². The number of benzene rings is 1. The summed E-state index contributed by atoms with van der Waals surface area (Å²) < 4.78 is 14.6. The number of H-pyrrole nitrogens is 1. The van der Waals surface area contributed by atoms with Crippen molar-refractivity contribution in [2.75, 3.05) is 12.3 Å². The van der Waals surface area contributed by atoms with E-state index in [1.807, 2.05) is 0 Å². The number of nitrogens with one attached hydrogen (secondary N) is 1. The lowest BCUT2D eigenvalue weighted by Gasteiger charge is -2.34. The molecule has 0 bridgehead atoms. The number of nitrogens with two attached hydrogens (primary N) is 1. The Morgan fingerprint density at radius 3 is 2.40 bits per heavy atom. The highest BCUT2D eigenvalue weighted by molar-refractivity contribution is 6.01. The number of carbonyl (C=O) groups excluding carboxylic acids is 1. The maximum absolute atomic E-state index is 13.3. The summed E-state index contributed by atoms with van der Waals surface area (Å²) in [6.07, 6.45) is 6.92. The SMILES string of the molecule is Nc1c(C(=O)CN(Cc2ccc(F)cc2)C2CCCCC2)c(=O)[nH]c(=O)n1C1CC1. The minimum atomic E-state index is -0.732. The van der Waals surface area contributed by atoms with Crippen LogP contribution in [0.2, 0.25) is 0 Å². The van der Waals surface area contributed by atoms with Crippen molar-refractivity contribution in [3.63, 3.8) is 0 Å². The van der Waals surface area contributed by atoms with Crippen LogP contribution in [0.5, 0.6) is 0 Å². The smallest absolute Gasteiger partial charge is 0.330 e. The zero-order chi connectivity index (χ0) is 21.3. The van der Waals surface area contributed by atoms with Gasteiger partial charge in [0.15, 0.2) is 5.78 Å². The molecule has 8 heteroatoms. The van der Waals surface area contributed by atoms with Crippen LogP contribution >= 0.6 is 0 Å². The molecule has 0 atom stereocenters. The van der Waals surface area contributed by atoms with E-state index in [0.717, 1.165) is 44.1 Å². The van der Waals surface area contributed by atoms with Gasteiger partial charge in [-0.1, -0.05) is 31.4 Å². The monoisotopic (exact) mass is 414 g/mol. The Balaban J connectivity index is 1.61. The van der Waals surface area contributed by atoms with Gasteiger partial charge in [0, 0.05) is 18.6 Å².